The molecule has 1 amide bonds. The fourth-order valence-corrected chi connectivity index (χ4v) is 3.69. The van der Waals surface area contributed by atoms with Crippen LogP contribution in [0.5, 0.6) is 0 Å². The second-order valence-corrected chi connectivity index (χ2v) is 7.52. The number of rotatable bonds is 5. The average molecular weight is 446 g/mol. The van der Waals surface area contributed by atoms with Crippen LogP contribution in [0.3, 0.4) is 0 Å². The number of piperazine rings is 1. The van der Waals surface area contributed by atoms with Crippen molar-refractivity contribution in [1.82, 2.24) is 4.90 Å². The van der Waals surface area contributed by atoms with Gasteiger partial charge < -0.3 is 19.9 Å². The minimum absolute atomic E-state index is 0.225. The minimum Gasteiger partial charge on any atom is -0.465 e. The van der Waals surface area contributed by atoms with Gasteiger partial charge in [0.2, 0.25) is 0 Å². The highest BCUT2D eigenvalue weighted by Gasteiger charge is 2.21. The zero-order chi connectivity index (χ0) is 20.1. The number of nitrogens with one attached hydrogen (secondary N) is 1. The lowest BCUT2D eigenvalue weighted by Gasteiger charge is -2.36. The van der Waals surface area contributed by atoms with Crippen molar-refractivity contribution in [2.45, 2.75) is 6.92 Å². The van der Waals surface area contributed by atoms with Crippen molar-refractivity contribution in [2.75, 3.05) is 50.1 Å². The van der Waals surface area contributed by atoms with Crippen LogP contribution in [0.4, 0.5) is 11.4 Å². The quantitative estimate of drug-likeness (QED) is 0.711. The van der Waals surface area contributed by atoms with Gasteiger partial charge in [0.1, 0.15) is 0 Å². The molecule has 0 aliphatic carbocycles. The number of amides is 1. The molecule has 0 radical (unpaired) electrons. The Morgan fingerprint density at radius 1 is 1.07 bits per heavy atom. The first-order valence-corrected chi connectivity index (χ1v) is 10.1. The second-order valence-electron chi connectivity index (χ2n) is 6.61. The van der Waals surface area contributed by atoms with Crippen molar-refractivity contribution >= 4 is 39.2 Å². The summed E-state index contributed by atoms with van der Waals surface area (Å²) in [5, 5.41) is 2.97. The summed E-state index contributed by atoms with van der Waals surface area (Å²) in [4.78, 5) is 29.4. The van der Waals surface area contributed by atoms with Crippen molar-refractivity contribution in [3.8, 4) is 0 Å². The third-order valence-electron chi connectivity index (χ3n) is 4.91. The van der Waals surface area contributed by atoms with Crippen LogP contribution >= 0.6 is 15.9 Å². The Morgan fingerprint density at radius 2 is 1.82 bits per heavy atom. The molecule has 0 unspecified atom stereocenters. The molecule has 1 heterocycles. The van der Waals surface area contributed by atoms with Crippen LogP contribution < -0.4 is 10.2 Å². The van der Waals surface area contributed by atoms with Gasteiger partial charge in [-0.25, -0.2) is 4.79 Å². The van der Waals surface area contributed by atoms with Gasteiger partial charge in [-0.1, -0.05) is 28.9 Å². The highest BCUT2D eigenvalue weighted by molar-refractivity contribution is 9.10. The number of benzene rings is 2. The van der Waals surface area contributed by atoms with Crippen molar-refractivity contribution < 1.29 is 14.3 Å². The van der Waals surface area contributed by atoms with Crippen molar-refractivity contribution in [3.63, 3.8) is 0 Å². The SMILES string of the molecule is CCN1CCN(c2ccc(C(=O)OC)cc2NC(=O)c2cccc(Br)c2)CC1. The van der Waals surface area contributed by atoms with E-state index < -0.39 is 5.97 Å². The fraction of sp³-hybridized carbons (Fsp3) is 0.333. The first kappa shape index (κ1) is 20.4. The van der Waals surface area contributed by atoms with Crippen LogP contribution in [0.1, 0.15) is 27.6 Å². The van der Waals surface area contributed by atoms with Gasteiger partial charge in [-0.2, -0.15) is 0 Å². The lowest BCUT2D eigenvalue weighted by atomic mass is 10.1. The number of methoxy groups -OCH3 is 1. The van der Waals surface area contributed by atoms with Gasteiger partial charge in [0.25, 0.3) is 5.91 Å². The van der Waals surface area contributed by atoms with E-state index in [4.69, 9.17) is 4.74 Å². The van der Waals surface area contributed by atoms with Crippen LogP contribution in [0.25, 0.3) is 0 Å². The smallest absolute Gasteiger partial charge is 0.337 e. The summed E-state index contributed by atoms with van der Waals surface area (Å²) in [5.41, 5.74) is 2.46. The predicted molar refractivity (Wildman–Crippen MR) is 114 cm³/mol. The Bertz CT molecular complexity index is 864. The van der Waals surface area contributed by atoms with E-state index in [1.165, 1.54) is 7.11 Å². The van der Waals surface area contributed by atoms with E-state index in [0.717, 1.165) is 42.9 Å². The highest BCUT2D eigenvalue weighted by atomic mass is 79.9. The molecule has 1 aliphatic heterocycles. The second kappa shape index (κ2) is 9.21. The van der Waals surface area contributed by atoms with E-state index in [9.17, 15) is 9.59 Å². The summed E-state index contributed by atoms with van der Waals surface area (Å²) in [6.45, 7) is 6.85. The van der Waals surface area contributed by atoms with Crippen LogP contribution in [0.15, 0.2) is 46.9 Å². The summed E-state index contributed by atoms with van der Waals surface area (Å²) in [6.07, 6.45) is 0. The molecule has 0 aromatic heterocycles. The number of carbonyl (C=O) groups is 2. The Labute approximate surface area is 173 Å². The van der Waals surface area contributed by atoms with Crippen LogP contribution in [0.2, 0.25) is 0 Å². The number of halogens is 1. The molecule has 7 heteroatoms. The maximum absolute atomic E-state index is 12.8. The number of anilines is 2. The molecule has 0 atom stereocenters. The molecule has 0 bridgehead atoms. The normalized spacial score (nSPS) is 14.6. The average Bonchev–Trinajstić information content (AvgIpc) is 2.73. The van der Waals surface area contributed by atoms with Gasteiger partial charge in [0.15, 0.2) is 0 Å². The molecule has 0 spiro atoms. The molecule has 0 saturated carbocycles. The molecule has 148 valence electrons. The number of nitrogens with zero attached hydrogens (tertiary/aromatic N) is 2. The molecule has 28 heavy (non-hydrogen) atoms. The highest BCUT2D eigenvalue weighted by Crippen LogP contribution is 2.29. The van der Waals surface area contributed by atoms with Gasteiger partial charge in [-0.15, -0.1) is 0 Å². The first-order valence-electron chi connectivity index (χ1n) is 9.28. The van der Waals surface area contributed by atoms with Gasteiger partial charge in [-0.3, -0.25) is 4.79 Å². The third-order valence-corrected chi connectivity index (χ3v) is 5.41. The standard InChI is InChI=1S/C21H24BrN3O3/c1-3-24-9-11-25(12-10-24)19-8-7-16(21(27)28-2)14-18(19)23-20(26)15-5-4-6-17(22)13-15/h4-8,13-14H,3,9-12H2,1-2H3,(H,23,26). The van der Waals surface area contributed by atoms with Gasteiger partial charge in [-0.05, 0) is 42.9 Å². The topological polar surface area (TPSA) is 61.9 Å². The molecule has 3 rings (SSSR count). The Morgan fingerprint density at radius 3 is 2.46 bits per heavy atom. The van der Waals surface area contributed by atoms with Crippen molar-refractivity contribution in [2.24, 2.45) is 0 Å². The number of likely N-dealkylation sites (N-methyl/N-ethyl adjacent to an activating group) is 1. The Hall–Kier alpha value is -2.38. The van der Waals surface area contributed by atoms with Crippen molar-refractivity contribution in [1.29, 1.82) is 0 Å². The van der Waals surface area contributed by atoms with Crippen LogP contribution in [0, 0.1) is 0 Å². The largest absolute Gasteiger partial charge is 0.465 e. The predicted octanol–water partition coefficient (Wildman–Crippen LogP) is 3.63. The summed E-state index contributed by atoms with van der Waals surface area (Å²) >= 11 is 3.39. The van der Waals surface area contributed by atoms with E-state index in [0.29, 0.717) is 16.8 Å². The number of esters is 1. The molecular formula is C21H24BrN3O3. The van der Waals surface area contributed by atoms with Gasteiger partial charge in [0.05, 0.1) is 24.0 Å². The molecule has 2 aromatic carbocycles. The number of carbonyl (C=O) groups excluding carboxylic acids is 2. The summed E-state index contributed by atoms with van der Waals surface area (Å²) in [6, 6.07) is 12.5. The molecule has 1 N–H and O–H groups in total. The molecule has 1 saturated heterocycles. The van der Waals surface area contributed by atoms with E-state index >= 15 is 0 Å². The molecule has 2 aromatic rings. The number of hydrogen-bond acceptors (Lipinski definition) is 5. The van der Waals surface area contributed by atoms with E-state index in [-0.39, 0.29) is 5.91 Å². The minimum atomic E-state index is -0.430. The van der Waals surface area contributed by atoms with E-state index in [1.54, 1.807) is 24.3 Å². The lowest BCUT2D eigenvalue weighted by molar-refractivity contribution is 0.0600. The molecule has 1 aliphatic rings. The zero-order valence-corrected chi connectivity index (χ0v) is 17.7. The monoisotopic (exact) mass is 445 g/mol. The number of ether oxygens (including phenoxy) is 1. The van der Waals surface area contributed by atoms with E-state index in [2.05, 4.69) is 38.0 Å². The maximum atomic E-state index is 12.8. The molecule has 1 fully saturated rings. The number of hydrogen-bond donors (Lipinski definition) is 1. The summed E-state index contributed by atoms with van der Waals surface area (Å²) < 4.78 is 5.67. The third kappa shape index (κ3) is 4.72. The molecular weight excluding hydrogens is 422 g/mol. The van der Waals surface area contributed by atoms with Crippen LogP contribution in [-0.4, -0.2) is 56.6 Å². The maximum Gasteiger partial charge on any atom is 0.337 e. The Balaban J connectivity index is 1.89. The summed E-state index contributed by atoms with van der Waals surface area (Å²) in [7, 11) is 1.35. The van der Waals surface area contributed by atoms with Crippen molar-refractivity contribution in [3.05, 3.63) is 58.1 Å². The zero-order valence-electron chi connectivity index (χ0n) is 16.1. The summed E-state index contributed by atoms with van der Waals surface area (Å²) in [5.74, 6) is -0.655. The van der Waals surface area contributed by atoms with E-state index in [1.807, 2.05) is 18.2 Å². The van der Waals surface area contributed by atoms with Crippen LogP contribution in [-0.2, 0) is 4.74 Å². The Kier molecular flexibility index (Phi) is 6.70. The fourth-order valence-electron chi connectivity index (χ4n) is 3.29. The van der Waals surface area contributed by atoms with Gasteiger partial charge >= 0.3 is 5.97 Å². The first-order chi connectivity index (χ1) is 13.5. The lowest BCUT2D eigenvalue weighted by Crippen LogP contribution is -2.46. The molecule has 6 nitrogen and oxygen atoms in total. The van der Waals surface area contributed by atoms with Gasteiger partial charge in [0, 0.05) is 36.2 Å².